The number of hydrogen-bond donors (Lipinski definition) is 4. The minimum atomic E-state index is -0.904. The maximum Gasteiger partial charge on any atom is 0.233 e. The average Bonchev–Trinajstić information content (AvgIpc) is 2.89. The van der Waals surface area contributed by atoms with Crippen molar-refractivity contribution in [3.63, 3.8) is 0 Å². The fourth-order valence-electron chi connectivity index (χ4n) is 2.43. The molecule has 1 fully saturated rings. The van der Waals surface area contributed by atoms with Crippen LogP contribution in [0.4, 0.5) is 5.69 Å². The Balaban J connectivity index is 0.00000264. The Labute approximate surface area is 142 Å². The van der Waals surface area contributed by atoms with E-state index < -0.39 is 5.60 Å². The number of aliphatic hydroxyl groups is 1. The Kier molecular flexibility index (Phi) is 7.00. The SMILES string of the molecule is Cc1cccc(NC(=O)CC(=O)NCC2(O)CCNC2)c1C.Cl. The Morgan fingerprint density at radius 1 is 1.30 bits per heavy atom. The molecule has 1 aromatic rings. The Hall–Kier alpha value is -1.63. The summed E-state index contributed by atoms with van der Waals surface area (Å²) in [7, 11) is 0. The van der Waals surface area contributed by atoms with Gasteiger partial charge in [-0.15, -0.1) is 12.4 Å². The second-order valence-corrected chi connectivity index (χ2v) is 5.90. The third-order valence-corrected chi connectivity index (χ3v) is 4.04. The number of halogens is 1. The first-order chi connectivity index (χ1) is 10.4. The summed E-state index contributed by atoms with van der Waals surface area (Å²) >= 11 is 0. The molecular weight excluding hydrogens is 318 g/mol. The molecule has 1 aliphatic rings. The highest BCUT2D eigenvalue weighted by atomic mass is 35.5. The molecule has 1 saturated heterocycles. The fraction of sp³-hybridized carbons (Fsp3) is 0.500. The molecule has 1 atom stereocenters. The van der Waals surface area contributed by atoms with E-state index in [9.17, 15) is 14.7 Å². The van der Waals surface area contributed by atoms with Crippen LogP contribution < -0.4 is 16.0 Å². The Bertz CT molecular complexity index is 572. The van der Waals surface area contributed by atoms with E-state index in [0.717, 1.165) is 23.4 Å². The molecule has 1 heterocycles. The number of carbonyl (C=O) groups excluding carboxylic acids is 2. The largest absolute Gasteiger partial charge is 0.387 e. The first kappa shape index (κ1) is 19.4. The number of benzene rings is 1. The van der Waals surface area contributed by atoms with E-state index in [4.69, 9.17) is 0 Å². The van der Waals surface area contributed by atoms with Crippen LogP contribution in [0.1, 0.15) is 24.0 Å². The highest BCUT2D eigenvalue weighted by Crippen LogP contribution is 2.18. The second kappa shape index (κ2) is 8.29. The number of aryl methyl sites for hydroxylation is 1. The summed E-state index contributed by atoms with van der Waals surface area (Å²) in [5, 5.41) is 18.5. The van der Waals surface area contributed by atoms with Crippen molar-refractivity contribution in [1.82, 2.24) is 10.6 Å². The van der Waals surface area contributed by atoms with Crippen LogP contribution in [0.15, 0.2) is 18.2 Å². The van der Waals surface area contributed by atoms with Crippen molar-refractivity contribution in [2.24, 2.45) is 0 Å². The topological polar surface area (TPSA) is 90.5 Å². The molecule has 0 saturated carbocycles. The zero-order valence-corrected chi connectivity index (χ0v) is 14.3. The number of β-amino-alcohol motifs (C(OH)–C–C–N with tert-alkyl or cyclic N) is 1. The summed E-state index contributed by atoms with van der Waals surface area (Å²) in [5.74, 6) is -0.745. The van der Waals surface area contributed by atoms with Gasteiger partial charge in [0.05, 0.1) is 5.60 Å². The zero-order chi connectivity index (χ0) is 16.2. The summed E-state index contributed by atoms with van der Waals surface area (Å²) in [6, 6.07) is 5.64. The number of carbonyl (C=O) groups is 2. The predicted molar refractivity (Wildman–Crippen MR) is 91.9 cm³/mol. The second-order valence-electron chi connectivity index (χ2n) is 5.90. The van der Waals surface area contributed by atoms with Gasteiger partial charge in [0.2, 0.25) is 11.8 Å². The summed E-state index contributed by atoms with van der Waals surface area (Å²) in [6.45, 7) is 5.25. The van der Waals surface area contributed by atoms with Crippen molar-refractivity contribution in [1.29, 1.82) is 0 Å². The molecule has 0 aromatic heterocycles. The van der Waals surface area contributed by atoms with Gasteiger partial charge in [0.15, 0.2) is 0 Å². The van der Waals surface area contributed by atoms with Gasteiger partial charge in [-0.3, -0.25) is 9.59 Å². The predicted octanol–water partition coefficient (Wildman–Crippen LogP) is 0.894. The molecule has 4 N–H and O–H groups in total. The average molecular weight is 342 g/mol. The van der Waals surface area contributed by atoms with Gasteiger partial charge in [0.25, 0.3) is 0 Å². The molecule has 7 heteroatoms. The minimum Gasteiger partial charge on any atom is -0.387 e. The van der Waals surface area contributed by atoms with Crippen LogP contribution in [0.3, 0.4) is 0 Å². The highest BCUT2D eigenvalue weighted by molar-refractivity contribution is 6.03. The van der Waals surface area contributed by atoms with Gasteiger partial charge in [0, 0.05) is 18.8 Å². The van der Waals surface area contributed by atoms with Gasteiger partial charge in [0.1, 0.15) is 6.42 Å². The summed E-state index contributed by atoms with van der Waals surface area (Å²) in [5.41, 5.74) is 1.89. The highest BCUT2D eigenvalue weighted by Gasteiger charge is 2.31. The van der Waals surface area contributed by atoms with E-state index in [-0.39, 0.29) is 37.2 Å². The number of amides is 2. The number of rotatable bonds is 5. The van der Waals surface area contributed by atoms with Crippen molar-refractivity contribution < 1.29 is 14.7 Å². The van der Waals surface area contributed by atoms with Crippen LogP contribution in [0.25, 0.3) is 0 Å². The summed E-state index contributed by atoms with van der Waals surface area (Å²) in [4.78, 5) is 23.7. The third kappa shape index (κ3) is 5.49. The molecular formula is C16H24ClN3O3. The first-order valence-corrected chi connectivity index (χ1v) is 7.45. The van der Waals surface area contributed by atoms with Crippen LogP contribution >= 0.6 is 12.4 Å². The van der Waals surface area contributed by atoms with Gasteiger partial charge in [-0.1, -0.05) is 12.1 Å². The first-order valence-electron chi connectivity index (χ1n) is 7.45. The lowest BCUT2D eigenvalue weighted by atomic mass is 10.0. The molecule has 0 bridgehead atoms. The van der Waals surface area contributed by atoms with Gasteiger partial charge in [-0.2, -0.15) is 0 Å². The Morgan fingerprint density at radius 3 is 2.70 bits per heavy atom. The number of anilines is 1. The zero-order valence-electron chi connectivity index (χ0n) is 13.4. The molecule has 6 nitrogen and oxygen atoms in total. The van der Waals surface area contributed by atoms with Crippen LogP contribution in [0.2, 0.25) is 0 Å². The smallest absolute Gasteiger partial charge is 0.233 e. The van der Waals surface area contributed by atoms with Crippen molar-refractivity contribution >= 4 is 29.9 Å². The molecule has 128 valence electrons. The molecule has 1 aliphatic heterocycles. The van der Waals surface area contributed by atoms with Crippen molar-refractivity contribution in [3.05, 3.63) is 29.3 Å². The summed E-state index contributed by atoms with van der Waals surface area (Å²) < 4.78 is 0. The monoisotopic (exact) mass is 341 g/mol. The van der Waals surface area contributed by atoms with Crippen molar-refractivity contribution in [2.45, 2.75) is 32.3 Å². The van der Waals surface area contributed by atoms with Crippen molar-refractivity contribution in [3.8, 4) is 0 Å². The molecule has 0 aliphatic carbocycles. The maximum absolute atomic E-state index is 11.9. The van der Waals surface area contributed by atoms with Gasteiger partial charge >= 0.3 is 0 Å². The standard InChI is InChI=1S/C16H23N3O3.ClH/c1-11-4-3-5-13(12(11)2)19-15(21)8-14(20)18-10-16(22)6-7-17-9-16;/h3-5,17,22H,6-10H2,1-2H3,(H,18,20)(H,19,21);1H. The van der Waals surface area contributed by atoms with Crippen LogP contribution in [0.5, 0.6) is 0 Å². The lowest BCUT2D eigenvalue weighted by Crippen LogP contribution is -2.45. The van der Waals surface area contributed by atoms with E-state index in [1.54, 1.807) is 0 Å². The third-order valence-electron chi connectivity index (χ3n) is 4.04. The normalized spacial score (nSPS) is 19.8. The molecule has 23 heavy (non-hydrogen) atoms. The van der Waals surface area contributed by atoms with Crippen LogP contribution in [-0.4, -0.2) is 42.2 Å². The summed E-state index contributed by atoms with van der Waals surface area (Å²) in [6.07, 6.45) is 0.346. The molecule has 1 aromatic carbocycles. The molecule has 2 amide bonds. The van der Waals surface area contributed by atoms with E-state index in [2.05, 4.69) is 16.0 Å². The van der Waals surface area contributed by atoms with E-state index in [1.165, 1.54) is 0 Å². The lowest BCUT2D eigenvalue weighted by Gasteiger charge is -2.21. The maximum atomic E-state index is 11.9. The quantitative estimate of drug-likeness (QED) is 0.599. The van der Waals surface area contributed by atoms with E-state index in [1.807, 2.05) is 32.0 Å². The van der Waals surface area contributed by atoms with Gasteiger partial charge in [-0.05, 0) is 44.0 Å². The van der Waals surface area contributed by atoms with Crippen LogP contribution in [0, 0.1) is 13.8 Å². The lowest BCUT2D eigenvalue weighted by molar-refractivity contribution is -0.127. The fourth-order valence-corrected chi connectivity index (χ4v) is 2.43. The Morgan fingerprint density at radius 2 is 2.04 bits per heavy atom. The van der Waals surface area contributed by atoms with Gasteiger partial charge in [-0.25, -0.2) is 0 Å². The van der Waals surface area contributed by atoms with Gasteiger partial charge < -0.3 is 21.1 Å². The van der Waals surface area contributed by atoms with Crippen molar-refractivity contribution in [2.75, 3.05) is 25.0 Å². The van der Waals surface area contributed by atoms with E-state index >= 15 is 0 Å². The minimum absolute atomic E-state index is 0. The molecule has 2 rings (SSSR count). The number of hydrogen-bond acceptors (Lipinski definition) is 4. The van der Waals surface area contributed by atoms with E-state index in [0.29, 0.717) is 13.0 Å². The molecule has 0 spiro atoms. The number of nitrogens with one attached hydrogen (secondary N) is 3. The molecule has 0 radical (unpaired) electrons. The van der Waals surface area contributed by atoms with Crippen LogP contribution in [-0.2, 0) is 9.59 Å². The molecule has 1 unspecified atom stereocenters.